The van der Waals surface area contributed by atoms with E-state index in [1.807, 2.05) is 24.3 Å². The van der Waals surface area contributed by atoms with Crippen molar-refractivity contribution in [1.29, 1.82) is 0 Å². The lowest BCUT2D eigenvalue weighted by Gasteiger charge is -2.34. The molecular formula is C28H40N4O3S. The number of methoxy groups -OCH3 is 2. The predicted octanol–water partition coefficient (Wildman–Crippen LogP) is 5.05. The van der Waals surface area contributed by atoms with Crippen molar-refractivity contribution in [2.75, 3.05) is 46.2 Å². The van der Waals surface area contributed by atoms with E-state index in [-0.39, 0.29) is 5.91 Å². The number of carbonyl (C=O) groups excluding carboxylic acids is 1. The first-order valence-electron chi connectivity index (χ1n) is 13.3. The normalized spacial score (nSPS) is 19.1. The van der Waals surface area contributed by atoms with E-state index in [4.69, 9.17) is 9.47 Å². The standard InChI is InChI=1S/C28H40N4O3S/c1-34-25-18-30-27(31-28(25)35-2)23-10-12-24(13-11-23)36-20-26(33)29-17-22-9-6-15-32(19-22)16-14-21-7-4-3-5-8-21/h10-13,18,21-22H,3-9,14-17,19-20H2,1-2H3,(H,29,33). The summed E-state index contributed by atoms with van der Waals surface area (Å²) in [6.07, 6.45) is 12.6. The van der Waals surface area contributed by atoms with Gasteiger partial charge in [-0.15, -0.1) is 11.8 Å². The van der Waals surface area contributed by atoms with Crippen molar-refractivity contribution in [2.24, 2.45) is 11.8 Å². The summed E-state index contributed by atoms with van der Waals surface area (Å²) in [5.41, 5.74) is 0.884. The van der Waals surface area contributed by atoms with Crippen LogP contribution in [0.3, 0.4) is 0 Å². The van der Waals surface area contributed by atoms with E-state index in [9.17, 15) is 4.79 Å². The average molecular weight is 513 g/mol. The van der Waals surface area contributed by atoms with E-state index in [2.05, 4.69) is 20.2 Å². The smallest absolute Gasteiger partial charge is 0.260 e. The number of hydrogen-bond acceptors (Lipinski definition) is 7. The van der Waals surface area contributed by atoms with Crippen molar-refractivity contribution >= 4 is 17.7 Å². The molecule has 196 valence electrons. The van der Waals surface area contributed by atoms with E-state index >= 15 is 0 Å². The summed E-state index contributed by atoms with van der Waals surface area (Å²) >= 11 is 1.55. The molecule has 8 heteroatoms. The second-order valence-corrected chi connectivity index (χ2v) is 11.0. The Bertz CT molecular complexity index is 966. The minimum atomic E-state index is 0.103. The van der Waals surface area contributed by atoms with E-state index in [1.54, 1.807) is 32.2 Å². The molecule has 1 atom stereocenters. The minimum absolute atomic E-state index is 0.103. The Morgan fingerprint density at radius 3 is 2.58 bits per heavy atom. The van der Waals surface area contributed by atoms with E-state index in [1.165, 1.54) is 64.5 Å². The van der Waals surface area contributed by atoms with Crippen LogP contribution >= 0.6 is 11.8 Å². The topological polar surface area (TPSA) is 76.6 Å². The summed E-state index contributed by atoms with van der Waals surface area (Å²) in [6, 6.07) is 7.92. The van der Waals surface area contributed by atoms with Crippen LogP contribution in [-0.4, -0.2) is 66.9 Å². The summed E-state index contributed by atoms with van der Waals surface area (Å²) in [6.45, 7) is 4.36. The zero-order chi connectivity index (χ0) is 25.2. The summed E-state index contributed by atoms with van der Waals surface area (Å²) in [7, 11) is 3.12. The summed E-state index contributed by atoms with van der Waals surface area (Å²) in [5, 5.41) is 3.18. The van der Waals surface area contributed by atoms with Gasteiger partial charge in [0.25, 0.3) is 5.88 Å². The van der Waals surface area contributed by atoms with Crippen molar-refractivity contribution in [1.82, 2.24) is 20.2 Å². The summed E-state index contributed by atoms with van der Waals surface area (Å²) in [5.74, 6) is 3.51. The first-order valence-corrected chi connectivity index (χ1v) is 14.3. The lowest BCUT2D eigenvalue weighted by molar-refractivity contribution is -0.118. The molecule has 2 heterocycles. The number of piperidine rings is 1. The fraction of sp³-hybridized carbons (Fsp3) is 0.607. The number of aromatic nitrogens is 2. The maximum Gasteiger partial charge on any atom is 0.260 e. The number of amides is 1. The Morgan fingerprint density at radius 2 is 1.83 bits per heavy atom. The highest BCUT2D eigenvalue weighted by Gasteiger charge is 2.22. The maximum absolute atomic E-state index is 12.5. The molecule has 0 radical (unpaired) electrons. The van der Waals surface area contributed by atoms with Crippen LogP contribution in [0.15, 0.2) is 35.4 Å². The number of rotatable bonds is 11. The van der Waals surface area contributed by atoms with Crippen LogP contribution in [-0.2, 0) is 4.79 Å². The lowest BCUT2D eigenvalue weighted by Crippen LogP contribution is -2.42. The Kier molecular flexibility index (Phi) is 10.3. The fourth-order valence-electron chi connectivity index (χ4n) is 5.30. The van der Waals surface area contributed by atoms with Crippen LogP contribution in [0.2, 0.25) is 0 Å². The van der Waals surface area contributed by atoms with Gasteiger partial charge in [0, 0.05) is 23.5 Å². The molecule has 1 N–H and O–H groups in total. The van der Waals surface area contributed by atoms with Crippen molar-refractivity contribution in [3.63, 3.8) is 0 Å². The lowest BCUT2D eigenvalue weighted by atomic mass is 9.86. The van der Waals surface area contributed by atoms with Gasteiger partial charge in [0.2, 0.25) is 5.91 Å². The molecule has 1 aromatic carbocycles. The van der Waals surface area contributed by atoms with Crippen molar-refractivity contribution in [2.45, 2.75) is 56.3 Å². The molecule has 36 heavy (non-hydrogen) atoms. The molecule has 1 aromatic heterocycles. The third kappa shape index (κ3) is 7.84. The molecule has 4 rings (SSSR count). The van der Waals surface area contributed by atoms with Crippen LogP contribution < -0.4 is 14.8 Å². The first kappa shape index (κ1) is 26.7. The average Bonchev–Trinajstić information content (AvgIpc) is 2.94. The molecule has 1 saturated carbocycles. The first-order chi connectivity index (χ1) is 17.6. The van der Waals surface area contributed by atoms with Gasteiger partial charge in [-0.2, -0.15) is 4.98 Å². The van der Waals surface area contributed by atoms with Gasteiger partial charge in [-0.25, -0.2) is 4.98 Å². The fourth-order valence-corrected chi connectivity index (χ4v) is 6.03. The molecule has 1 aliphatic heterocycles. The minimum Gasteiger partial charge on any atom is -0.490 e. The number of thioether (sulfide) groups is 1. The van der Waals surface area contributed by atoms with Gasteiger partial charge in [-0.1, -0.05) is 44.2 Å². The molecule has 7 nitrogen and oxygen atoms in total. The highest BCUT2D eigenvalue weighted by atomic mass is 32.2. The summed E-state index contributed by atoms with van der Waals surface area (Å²) in [4.78, 5) is 24.9. The second kappa shape index (κ2) is 13.8. The quantitative estimate of drug-likeness (QED) is 0.422. The van der Waals surface area contributed by atoms with Gasteiger partial charge < -0.3 is 19.7 Å². The van der Waals surface area contributed by atoms with Gasteiger partial charge in [-0.05, 0) is 56.3 Å². The van der Waals surface area contributed by atoms with Crippen LogP contribution in [0.5, 0.6) is 11.6 Å². The third-order valence-corrected chi connectivity index (χ3v) is 8.40. The molecule has 1 aliphatic carbocycles. The monoisotopic (exact) mass is 512 g/mol. The predicted molar refractivity (Wildman–Crippen MR) is 145 cm³/mol. The van der Waals surface area contributed by atoms with Crippen LogP contribution in [0.1, 0.15) is 51.4 Å². The van der Waals surface area contributed by atoms with Gasteiger partial charge in [-0.3, -0.25) is 4.79 Å². The van der Waals surface area contributed by atoms with Crippen molar-refractivity contribution < 1.29 is 14.3 Å². The molecule has 1 amide bonds. The Balaban J connectivity index is 1.17. The molecular weight excluding hydrogens is 472 g/mol. The van der Waals surface area contributed by atoms with Crippen molar-refractivity contribution in [3.05, 3.63) is 30.5 Å². The zero-order valence-electron chi connectivity index (χ0n) is 21.7. The molecule has 2 aromatic rings. The Hall–Kier alpha value is -2.32. The molecule has 2 fully saturated rings. The van der Waals surface area contributed by atoms with Gasteiger partial charge in [0.15, 0.2) is 11.6 Å². The number of benzene rings is 1. The molecule has 1 saturated heterocycles. The number of nitrogens with one attached hydrogen (secondary N) is 1. The SMILES string of the molecule is COc1cnc(-c2ccc(SCC(=O)NCC3CCCN(CCC4CCCCC4)C3)cc2)nc1OC. The maximum atomic E-state index is 12.5. The molecule has 0 bridgehead atoms. The van der Waals surface area contributed by atoms with E-state index in [0.29, 0.717) is 29.1 Å². The van der Waals surface area contributed by atoms with Crippen molar-refractivity contribution in [3.8, 4) is 23.0 Å². The number of hydrogen-bond donors (Lipinski definition) is 1. The largest absolute Gasteiger partial charge is 0.490 e. The van der Waals surface area contributed by atoms with Gasteiger partial charge in [0.1, 0.15) is 0 Å². The Morgan fingerprint density at radius 1 is 1.06 bits per heavy atom. The molecule has 1 unspecified atom stereocenters. The number of ether oxygens (including phenoxy) is 2. The third-order valence-electron chi connectivity index (χ3n) is 7.39. The van der Waals surface area contributed by atoms with E-state index in [0.717, 1.165) is 29.5 Å². The Labute approximate surface area is 219 Å². The highest BCUT2D eigenvalue weighted by Crippen LogP contribution is 2.29. The van der Waals surface area contributed by atoms with Crippen LogP contribution in [0, 0.1) is 11.8 Å². The van der Waals surface area contributed by atoms with Gasteiger partial charge in [0.05, 0.1) is 26.2 Å². The number of nitrogens with zero attached hydrogens (tertiary/aromatic N) is 3. The zero-order valence-corrected chi connectivity index (χ0v) is 22.5. The highest BCUT2D eigenvalue weighted by molar-refractivity contribution is 8.00. The number of carbonyl (C=O) groups is 1. The number of likely N-dealkylation sites (tertiary alicyclic amines) is 1. The van der Waals surface area contributed by atoms with E-state index < -0.39 is 0 Å². The second-order valence-electron chi connectivity index (χ2n) is 9.99. The van der Waals surface area contributed by atoms with Gasteiger partial charge >= 0.3 is 0 Å². The van der Waals surface area contributed by atoms with Crippen LogP contribution in [0.4, 0.5) is 0 Å². The molecule has 2 aliphatic rings. The summed E-state index contributed by atoms with van der Waals surface area (Å²) < 4.78 is 10.5. The molecule has 0 spiro atoms. The van der Waals surface area contributed by atoms with Crippen LogP contribution in [0.25, 0.3) is 11.4 Å².